The summed E-state index contributed by atoms with van der Waals surface area (Å²) < 4.78 is 16.1. The quantitative estimate of drug-likeness (QED) is 0.852. The van der Waals surface area contributed by atoms with Crippen molar-refractivity contribution in [2.75, 3.05) is 20.2 Å². The highest BCUT2D eigenvalue weighted by molar-refractivity contribution is 5.68. The van der Waals surface area contributed by atoms with E-state index in [0.717, 1.165) is 12.8 Å². The highest BCUT2D eigenvalue weighted by Crippen LogP contribution is 2.19. The van der Waals surface area contributed by atoms with Gasteiger partial charge in [-0.05, 0) is 20.8 Å². The van der Waals surface area contributed by atoms with Crippen molar-refractivity contribution >= 4 is 6.09 Å². The lowest BCUT2D eigenvalue weighted by molar-refractivity contribution is 0.0122. The van der Waals surface area contributed by atoms with Gasteiger partial charge < -0.3 is 19.1 Å². The van der Waals surface area contributed by atoms with Gasteiger partial charge in [0.15, 0.2) is 0 Å². The Hall–Kier alpha value is -2.05. The zero-order valence-electron chi connectivity index (χ0n) is 13.5. The topological polar surface area (TPSA) is 73.8 Å². The average Bonchev–Trinajstić information content (AvgIpc) is 2.47. The van der Waals surface area contributed by atoms with E-state index in [1.54, 1.807) is 11.1 Å². The van der Waals surface area contributed by atoms with Gasteiger partial charge in [-0.15, -0.1) is 0 Å². The van der Waals surface area contributed by atoms with Crippen LogP contribution >= 0.6 is 0 Å². The Labute approximate surface area is 130 Å². The minimum atomic E-state index is -0.469. The Balaban J connectivity index is 1.80. The zero-order valence-corrected chi connectivity index (χ0v) is 13.5. The second-order valence-electron chi connectivity index (χ2n) is 6.18. The molecule has 22 heavy (non-hydrogen) atoms. The third kappa shape index (κ3) is 4.75. The molecular formula is C15H23N3O4. The third-order valence-electron chi connectivity index (χ3n) is 3.19. The molecule has 2 heterocycles. The normalized spacial score (nSPS) is 16.3. The van der Waals surface area contributed by atoms with Crippen molar-refractivity contribution in [2.24, 2.45) is 0 Å². The van der Waals surface area contributed by atoms with E-state index in [1.165, 1.54) is 13.3 Å². The number of aromatic nitrogens is 2. The standard InChI is InChI=1S/C15H23N3O4/c1-15(2,3)22-14(19)18-7-5-11(6-8-18)21-13-10-16-12(20-4)9-17-13/h9-11H,5-8H2,1-4H3. The smallest absolute Gasteiger partial charge is 0.410 e. The predicted octanol–water partition coefficient (Wildman–Crippen LogP) is 2.26. The number of carbonyl (C=O) groups is 1. The molecule has 1 aromatic rings. The Kier molecular flexibility index (Phi) is 5.05. The first kappa shape index (κ1) is 16.3. The fourth-order valence-corrected chi connectivity index (χ4v) is 2.12. The predicted molar refractivity (Wildman–Crippen MR) is 80.0 cm³/mol. The van der Waals surface area contributed by atoms with Crippen molar-refractivity contribution in [3.63, 3.8) is 0 Å². The van der Waals surface area contributed by atoms with Gasteiger partial charge in [-0.3, -0.25) is 0 Å². The average molecular weight is 309 g/mol. The summed E-state index contributed by atoms with van der Waals surface area (Å²) in [6.07, 6.45) is 4.31. The van der Waals surface area contributed by atoms with E-state index in [0.29, 0.717) is 24.8 Å². The van der Waals surface area contributed by atoms with E-state index in [1.807, 2.05) is 20.8 Å². The summed E-state index contributed by atoms with van der Waals surface area (Å²) in [5, 5.41) is 0. The Morgan fingerprint density at radius 2 is 1.77 bits per heavy atom. The number of likely N-dealkylation sites (tertiary alicyclic amines) is 1. The van der Waals surface area contributed by atoms with Gasteiger partial charge in [0.2, 0.25) is 11.8 Å². The molecule has 0 aliphatic carbocycles. The number of hydrogen-bond acceptors (Lipinski definition) is 6. The maximum absolute atomic E-state index is 12.0. The Morgan fingerprint density at radius 1 is 1.18 bits per heavy atom. The number of hydrogen-bond donors (Lipinski definition) is 0. The molecule has 0 atom stereocenters. The SMILES string of the molecule is COc1cnc(OC2CCN(C(=O)OC(C)(C)C)CC2)cn1. The molecule has 1 saturated heterocycles. The first-order valence-corrected chi connectivity index (χ1v) is 7.38. The molecule has 1 aliphatic heterocycles. The molecular weight excluding hydrogens is 286 g/mol. The summed E-state index contributed by atoms with van der Waals surface area (Å²) in [5.74, 6) is 0.920. The van der Waals surface area contributed by atoms with Crippen LogP contribution in [0, 0.1) is 0 Å². The first-order chi connectivity index (χ1) is 10.4. The van der Waals surface area contributed by atoms with Crippen LogP contribution in [0.5, 0.6) is 11.8 Å². The molecule has 1 aromatic heterocycles. The highest BCUT2D eigenvalue weighted by atomic mass is 16.6. The zero-order chi connectivity index (χ0) is 16.2. The van der Waals surface area contributed by atoms with E-state index in [2.05, 4.69) is 9.97 Å². The molecule has 122 valence electrons. The molecule has 7 nitrogen and oxygen atoms in total. The van der Waals surface area contributed by atoms with E-state index >= 15 is 0 Å². The van der Waals surface area contributed by atoms with Crippen molar-refractivity contribution in [2.45, 2.75) is 45.3 Å². The van der Waals surface area contributed by atoms with Gasteiger partial charge >= 0.3 is 6.09 Å². The minimum absolute atomic E-state index is 0.0291. The van der Waals surface area contributed by atoms with Crippen LogP contribution in [0.3, 0.4) is 0 Å². The largest absolute Gasteiger partial charge is 0.480 e. The van der Waals surface area contributed by atoms with Gasteiger partial charge in [0.25, 0.3) is 0 Å². The highest BCUT2D eigenvalue weighted by Gasteiger charge is 2.27. The molecule has 0 radical (unpaired) electrons. The summed E-state index contributed by atoms with van der Waals surface area (Å²) in [4.78, 5) is 21.9. The fraction of sp³-hybridized carbons (Fsp3) is 0.667. The van der Waals surface area contributed by atoms with Crippen LogP contribution in [0.4, 0.5) is 4.79 Å². The van der Waals surface area contributed by atoms with Crippen molar-refractivity contribution in [1.29, 1.82) is 0 Å². The molecule has 7 heteroatoms. The van der Waals surface area contributed by atoms with E-state index in [-0.39, 0.29) is 12.2 Å². The van der Waals surface area contributed by atoms with Crippen LogP contribution in [-0.4, -0.2) is 52.9 Å². The van der Waals surface area contributed by atoms with E-state index in [4.69, 9.17) is 14.2 Å². The molecule has 0 saturated carbocycles. The lowest BCUT2D eigenvalue weighted by atomic mass is 10.1. The Morgan fingerprint density at radius 3 is 2.27 bits per heavy atom. The summed E-state index contributed by atoms with van der Waals surface area (Å²) in [6, 6.07) is 0. The number of ether oxygens (including phenoxy) is 3. The maximum atomic E-state index is 12.0. The van der Waals surface area contributed by atoms with Crippen LogP contribution < -0.4 is 9.47 Å². The van der Waals surface area contributed by atoms with E-state index in [9.17, 15) is 4.79 Å². The van der Waals surface area contributed by atoms with Crippen LogP contribution in [-0.2, 0) is 4.74 Å². The van der Waals surface area contributed by atoms with Crippen LogP contribution in [0.25, 0.3) is 0 Å². The molecule has 2 rings (SSSR count). The van der Waals surface area contributed by atoms with E-state index < -0.39 is 5.60 Å². The van der Waals surface area contributed by atoms with Gasteiger partial charge in [0.1, 0.15) is 11.7 Å². The number of methoxy groups -OCH3 is 1. The molecule has 0 spiro atoms. The molecule has 1 fully saturated rings. The molecule has 0 bridgehead atoms. The van der Waals surface area contributed by atoms with Crippen molar-refractivity contribution in [3.8, 4) is 11.8 Å². The fourth-order valence-electron chi connectivity index (χ4n) is 2.12. The molecule has 0 aromatic carbocycles. The summed E-state index contributed by atoms with van der Waals surface area (Å²) >= 11 is 0. The van der Waals surface area contributed by atoms with Crippen LogP contribution in [0.1, 0.15) is 33.6 Å². The van der Waals surface area contributed by atoms with Crippen LogP contribution in [0.2, 0.25) is 0 Å². The number of amides is 1. The van der Waals surface area contributed by atoms with Crippen molar-refractivity contribution in [3.05, 3.63) is 12.4 Å². The number of nitrogens with zero attached hydrogens (tertiary/aromatic N) is 3. The molecule has 0 N–H and O–H groups in total. The van der Waals surface area contributed by atoms with Gasteiger partial charge in [-0.2, -0.15) is 0 Å². The third-order valence-corrected chi connectivity index (χ3v) is 3.19. The maximum Gasteiger partial charge on any atom is 0.410 e. The Bertz CT molecular complexity index is 491. The van der Waals surface area contributed by atoms with Gasteiger partial charge in [0.05, 0.1) is 19.5 Å². The molecule has 0 unspecified atom stereocenters. The van der Waals surface area contributed by atoms with Gasteiger partial charge in [0, 0.05) is 25.9 Å². The summed E-state index contributed by atoms with van der Waals surface area (Å²) in [5.41, 5.74) is -0.469. The lowest BCUT2D eigenvalue weighted by Gasteiger charge is -2.33. The molecule has 1 aliphatic rings. The lowest BCUT2D eigenvalue weighted by Crippen LogP contribution is -2.44. The number of carbonyl (C=O) groups excluding carboxylic acids is 1. The van der Waals surface area contributed by atoms with Crippen molar-refractivity contribution in [1.82, 2.24) is 14.9 Å². The summed E-state index contributed by atoms with van der Waals surface area (Å²) in [7, 11) is 1.54. The van der Waals surface area contributed by atoms with Crippen LogP contribution in [0.15, 0.2) is 12.4 Å². The second kappa shape index (κ2) is 6.81. The second-order valence-corrected chi connectivity index (χ2v) is 6.18. The summed E-state index contributed by atoms with van der Waals surface area (Å²) in [6.45, 7) is 6.82. The van der Waals surface area contributed by atoms with Gasteiger partial charge in [-0.1, -0.05) is 0 Å². The van der Waals surface area contributed by atoms with Crippen molar-refractivity contribution < 1.29 is 19.0 Å². The first-order valence-electron chi connectivity index (χ1n) is 7.38. The number of rotatable bonds is 3. The van der Waals surface area contributed by atoms with Gasteiger partial charge in [-0.25, -0.2) is 14.8 Å². The number of piperidine rings is 1. The molecule has 1 amide bonds. The monoisotopic (exact) mass is 309 g/mol. The minimum Gasteiger partial charge on any atom is -0.480 e.